The van der Waals surface area contributed by atoms with Crippen LogP contribution < -0.4 is 15.2 Å². The zero-order valence-corrected chi connectivity index (χ0v) is 11.7. The van der Waals surface area contributed by atoms with E-state index in [1.54, 1.807) is 18.3 Å². The molecule has 2 aromatic carbocycles. The summed E-state index contributed by atoms with van der Waals surface area (Å²) >= 11 is 0. The van der Waals surface area contributed by atoms with Crippen LogP contribution in [0.1, 0.15) is 6.92 Å². The Bertz CT molecular complexity index is 766. The van der Waals surface area contributed by atoms with Crippen molar-refractivity contribution < 1.29 is 9.47 Å². The van der Waals surface area contributed by atoms with Crippen LogP contribution in [0.15, 0.2) is 54.7 Å². The van der Waals surface area contributed by atoms with Gasteiger partial charge in [-0.25, -0.2) is 0 Å². The van der Waals surface area contributed by atoms with Crippen molar-refractivity contribution in [2.24, 2.45) is 0 Å². The lowest BCUT2D eigenvalue weighted by Gasteiger charge is -2.11. The van der Waals surface area contributed by atoms with Crippen molar-refractivity contribution in [2.75, 3.05) is 12.3 Å². The molecule has 0 unspecified atom stereocenters. The van der Waals surface area contributed by atoms with Gasteiger partial charge in [-0.05, 0) is 31.2 Å². The van der Waals surface area contributed by atoms with E-state index in [0.29, 0.717) is 29.5 Å². The van der Waals surface area contributed by atoms with Crippen molar-refractivity contribution in [1.82, 2.24) is 4.98 Å². The molecule has 0 saturated heterocycles. The van der Waals surface area contributed by atoms with Gasteiger partial charge in [0.2, 0.25) is 0 Å². The predicted molar refractivity (Wildman–Crippen MR) is 83.8 cm³/mol. The van der Waals surface area contributed by atoms with Gasteiger partial charge in [0.1, 0.15) is 17.0 Å². The molecular weight excluding hydrogens is 264 g/mol. The highest BCUT2D eigenvalue weighted by molar-refractivity contribution is 5.84. The van der Waals surface area contributed by atoms with Crippen molar-refractivity contribution in [2.45, 2.75) is 6.92 Å². The molecule has 0 aliphatic rings. The molecule has 3 aromatic rings. The smallest absolute Gasteiger partial charge is 0.153 e. The topological polar surface area (TPSA) is 57.4 Å². The standard InChI is InChI=1S/C17H16N2O2/c1-2-20-16-11-13(8-9-14(16)18)21-15-7-3-5-12-6-4-10-19-17(12)15/h3-11H,2,18H2,1H3. The van der Waals surface area contributed by atoms with Crippen LogP contribution in [0.3, 0.4) is 0 Å². The van der Waals surface area contributed by atoms with Gasteiger partial charge in [0.15, 0.2) is 5.75 Å². The zero-order valence-electron chi connectivity index (χ0n) is 11.7. The van der Waals surface area contributed by atoms with E-state index in [4.69, 9.17) is 15.2 Å². The third-order valence-corrected chi connectivity index (χ3v) is 3.11. The lowest BCUT2D eigenvalue weighted by Crippen LogP contribution is -1.97. The summed E-state index contributed by atoms with van der Waals surface area (Å²) < 4.78 is 11.4. The quantitative estimate of drug-likeness (QED) is 0.734. The Hall–Kier alpha value is -2.75. The largest absolute Gasteiger partial charge is 0.492 e. The maximum absolute atomic E-state index is 5.94. The van der Waals surface area contributed by atoms with Crippen LogP contribution in [0.5, 0.6) is 17.2 Å². The molecule has 0 fully saturated rings. The maximum atomic E-state index is 5.94. The van der Waals surface area contributed by atoms with Crippen molar-refractivity contribution in [3.63, 3.8) is 0 Å². The summed E-state index contributed by atoms with van der Waals surface area (Å²) in [6.45, 7) is 2.48. The lowest BCUT2D eigenvalue weighted by molar-refractivity contribution is 0.340. The summed E-state index contributed by atoms with van der Waals surface area (Å²) in [5.74, 6) is 2.01. The van der Waals surface area contributed by atoms with Crippen LogP contribution in [0.2, 0.25) is 0 Å². The van der Waals surface area contributed by atoms with Gasteiger partial charge in [-0.3, -0.25) is 4.98 Å². The number of benzene rings is 2. The summed E-state index contributed by atoms with van der Waals surface area (Å²) in [5, 5.41) is 1.04. The van der Waals surface area contributed by atoms with Gasteiger partial charge in [-0.15, -0.1) is 0 Å². The second kappa shape index (κ2) is 5.71. The number of anilines is 1. The van der Waals surface area contributed by atoms with Gasteiger partial charge < -0.3 is 15.2 Å². The minimum atomic E-state index is 0.559. The van der Waals surface area contributed by atoms with Crippen LogP contribution in [-0.2, 0) is 0 Å². The molecule has 21 heavy (non-hydrogen) atoms. The van der Waals surface area contributed by atoms with Crippen molar-refractivity contribution in [3.05, 3.63) is 54.7 Å². The molecule has 4 heteroatoms. The summed E-state index contributed by atoms with van der Waals surface area (Å²) in [6, 6.07) is 15.1. The first-order chi connectivity index (χ1) is 10.3. The van der Waals surface area contributed by atoms with E-state index in [9.17, 15) is 0 Å². The molecule has 106 valence electrons. The fourth-order valence-corrected chi connectivity index (χ4v) is 2.14. The van der Waals surface area contributed by atoms with Gasteiger partial charge in [-0.2, -0.15) is 0 Å². The molecule has 0 radical (unpaired) electrons. The molecule has 0 bridgehead atoms. The molecule has 1 aromatic heterocycles. The summed E-state index contributed by atoms with van der Waals surface area (Å²) in [7, 11) is 0. The number of hydrogen-bond donors (Lipinski definition) is 1. The number of pyridine rings is 1. The Kier molecular flexibility index (Phi) is 3.60. The summed E-state index contributed by atoms with van der Waals surface area (Å²) in [5.41, 5.74) is 7.29. The first-order valence-electron chi connectivity index (χ1n) is 6.82. The monoisotopic (exact) mass is 280 g/mol. The van der Waals surface area contributed by atoms with E-state index >= 15 is 0 Å². The SMILES string of the molecule is CCOc1cc(Oc2cccc3cccnc23)ccc1N. The minimum absolute atomic E-state index is 0.559. The average Bonchev–Trinajstić information content (AvgIpc) is 2.51. The van der Waals surface area contributed by atoms with E-state index in [2.05, 4.69) is 4.98 Å². The first-order valence-corrected chi connectivity index (χ1v) is 6.82. The Labute approximate surface area is 123 Å². The van der Waals surface area contributed by atoms with Crippen LogP contribution in [0.4, 0.5) is 5.69 Å². The molecule has 0 aliphatic heterocycles. The molecule has 0 aliphatic carbocycles. The van der Waals surface area contributed by atoms with Gasteiger partial charge in [-0.1, -0.05) is 18.2 Å². The van der Waals surface area contributed by atoms with Crippen LogP contribution in [0.25, 0.3) is 10.9 Å². The zero-order chi connectivity index (χ0) is 14.7. The van der Waals surface area contributed by atoms with Crippen molar-refractivity contribution >= 4 is 16.6 Å². The second-order valence-electron chi connectivity index (χ2n) is 4.57. The summed E-state index contributed by atoms with van der Waals surface area (Å²) in [4.78, 5) is 4.37. The second-order valence-corrected chi connectivity index (χ2v) is 4.57. The van der Waals surface area contributed by atoms with Crippen molar-refractivity contribution in [1.29, 1.82) is 0 Å². The van der Waals surface area contributed by atoms with E-state index in [0.717, 1.165) is 10.9 Å². The third kappa shape index (κ3) is 2.74. The normalized spacial score (nSPS) is 10.5. The van der Waals surface area contributed by atoms with E-state index in [-0.39, 0.29) is 0 Å². The lowest BCUT2D eigenvalue weighted by atomic mass is 10.2. The number of nitrogens with two attached hydrogens (primary N) is 1. The van der Waals surface area contributed by atoms with Crippen LogP contribution in [-0.4, -0.2) is 11.6 Å². The molecule has 1 heterocycles. The third-order valence-electron chi connectivity index (χ3n) is 3.11. The molecule has 4 nitrogen and oxygen atoms in total. The van der Waals surface area contributed by atoms with Gasteiger partial charge >= 0.3 is 0 Å². The number of hydrogen-bond acceptors (Lipinski definition) is 4. The fraction of sp³-hybridized carbons (Fsp3) is 0.118. The number of ether oxygens (including phenoxy) is 2. The number of nitrogens with zero attached hydrogens (tertiary/aromatic N) is 1. The molecule has 3 rings (SSSR count). The van der Waals surface area contributed by atoms with Crippen molar-refractivity contribution in [3.8, 4) is 17.2 Å². The first kappa shape index (κ1) is 13.2. The maximum Gasteiger partial charge on any atom is 0.153 e. The minimum Gasteiger partial charge on any atom is -0.492 e. The Morgan fingerprint density at radius 2 is 1.90 bits per heavy atom. The van der Waals surface area contributed by atoms with Gasteiger partial charge in [0.05, 0.1) is 12.3 Å². The number of fused-ring (bicyclic) bond motifs is 1. The van der Waals surface area contributed by atoms with E-state index < -0.39 is 0 Å². The molecule has 0 saturated carbocycles. The Balaban J connectivity index is 1.97. The average molecular weight is 280 g/mol. The Morgan fingerprint density at radius 1 is 1.05 bits per heavy atom. The molecule has 0 spiro atoms. The fourth-order valence-electron chi connectivity index (χ4n) is 2.14. The summed E-state index contributed by atoms with van der Waals surface area (Å²) in [6.07, 6.45) is 1.75. The van der Waals surface area contributed by atoms with Gasteiger partial charge in [0.25, 0.3) is 0 Å². The highest BCUT2D eigenvalue weighted by Gasteiger charge is 2.07. The van der Waals surface area contributed by atoms with E-state index in [1.165, 1.54) is 0 Å². The molecule has 0 atom stereocenters. The molecule has 0 amide bonds. The van der Waals surface area contributed by atoms with Gasteiger partial charge in [0, 0.05) is 17.6 Å². The van der Waals surface area contributed by atoms with Crippen LogP contribution >= 0.6 is 0 Å². The number of nitrogen functional groups attached to an aromatic ring is 1. The number of rotatable bonds is 4. The predicted octanol–water partition coefficient (Wildman–Crippen LogP) is 4.01. The van der Waals surface area contributed by atoms with Crippen LogP contribution in [0, 0.1) is 0 Å². The van der Waals surface area contributed by atoms with E-state index in [1.807, 2.05) is 43.3 Å². The Morgan fingerprint density at radius 3 is 2.76 bits per heavy atom. The molecular formula is C17H16N2O2. The molecule has 2 N–H and O–H groups in total. The highest BCUT2D eigenvalue weighted by Crippen LogP contribution is 2.32. The number of para-hydroxylation sites is 1. The highest BCUT2D eigenvalue weighted by atomic mass is 16.5. The number of aromatic nitrogens is 1.